The van der Waals surface area contributed by atoms with Gasteiger partial charge in [-0.1, -0.05) is 41.4 Å². The van der Waals surface area contributed by atoms with Gasteiger partial charge in [0.2, 0.25) is 5.95 Å². The summed E-state index contributed by atoms with van der Waals surface area (Å²) in [5.41, 5.74) is 1.87. The molecule has 0 bridgehead atoms. The summed E-state index contributed by atoms with van der Waals surface area (Å²) < 4.78 is 10.7. The normalized spacial score (nSPS) is 10.5. The monoisotopic (exact) mass is 468 g/mol. The minimum atomic E-state index is 0.289. The third-order valence-electron chi connectivity index (χ3n) is 4.47. The highest BCUT2D eigenvalue weighted by Gasteiger charge is 2.20. The smallest absolute Gasteiger partial charge is 0.230 e. The van der Waals surface area contributed by atoms with Gasteiger partial charge < -0.3 is 20.1 Å². The summed E-state index contributed by atoms with van der Waals surface area (Å²) in [4.78, 5) is 17.5. The molecule has 4 rings (SSSR count). The molecule has 0 saturated carbocycles. The maximum Gasteiger partial charge on any atom is 0.230 e. The van der Waals surface area contributed by atoms with Gasteiger partial charge in [0.05, 0.1) is 25.5 Å². The molecule has 0 aliphatic heterocycles. The highest BCUT2D eigenvalue weighted by Crippen LogP contribution is 2.45. The zero-order chi connectivity index (χ0) is 22.5. The van der Waals surface area contributed by atoms with E-state index in [1.54, 1.807) is 18.3 Å². The van der Waals surface area contributed by atoms with Crippen LogP contribution in [0.25, 0.3) is 11.4 Å². The van der Waals surface area contributed by atoms with Crippen LogP contribution < -0.4 is 20.1 Å². The standard InChI is InChI=1S/C22H18Cl2N6O2/c1-31-15-11-16(32-2)18(24)19(17(15)23)29-20-14(9-6-10-25-20)21-26-12-27-22(30-21)28-13-7-4-3-5-8-13/h3-12H,1-2H3,(H,25,29)(H,26,27,28,30). The molecule has 2 aromatic carbocycles. The van der Waals surface area contributed by atoms with Crippen molar-refractivity contribution in [3.63, 3.8) is 0 Å². The Balaban J connectivity index is 1.72. The van der Waals surface area contributed by atoms with E-state index >= 15 is 0 Å². The summed E-state index contributed by atoms with van der Waals surface area (Å²) >= 11 is 13.0. The fourth-order valence-corrected chi connectivity index (χ4v) is 3.53. The van der Waals surface area contributed by atoms with Crippen LogP contribution in [-0.4, -0.2) is 34.2 Å². The first-order chi connectivity index (χ1) is 15.6. The SMILES string of the molecule is COc1cc(OC)c(Cl)c(Nc2ncccc2-c2ncnc(Nc3ccccc3)n2)c1Cl. The molecule has 0 aliphatic carbocycles. The molecule has 2 heterocycles. The van der Waals surface area contributed by atoms with E-state index in [1.807, 2.05) is 36.4 Å². The van der Waals surface area contributed by atoms with Crippen LogP contribution in [0.15, 0.2) is 61.1 Å². The van der Waals surface area contributed by atoms with Crippen molar-refractivity contribution in [3.8, 4) is 22.9 Å². The van der Waals surface area contributed by atoms with Crippen LogP contribution in [0.2, 0.25) is 10.0 Å². The van der Waals surface area contributed by atoms with Crippen molar-refractivity contribution in [2.45, 2.75) is 0 Å². The Labute approximate surface area is 194 Å². The number of para-hydroxylation sites is 1. The Morgan fingerprint density at radius 1 is 0.812 bits per heavy atom. The molecule has 0 spiro atoms. The maximum absolute atomic E-state index is 6.50. The van der Waals surface area contributed by atoms with Gasteiger partial charge in [-0.25, -0.2) is 15.0 Å². The number of hydrogen-bond acceptors (Lipinski definition) is 8. The first-order valence-electron chi connectivity index (χ1n) is 9.44. The van der Waals surface area contributed by atoms with E-state index in [0.717, 1.165) is 5.69 Å². The summed E-state index contributed by atoms with van der Waals surface area (Å²) in [6.07, 6.45) is 3.06. The van der Waals surface area contributed by atoms with Crippen molar-refractivity contribution in [2.75, 3.05) is 24.9 Å². The Morgan fingerprint density at radius 2 is 1.53 bits per heavy atom. The Kier molecular flexibility index (Phi) is 6.53. The van der Waals surface area contributed by atoms with E-state index in [1.165, 1.54) is 20.5 Å². The van der Waals surface area contributed by atoms with Crippen LogP contribution in [0.4, 0.5) is 23.1 Å². The highest BCUT2D eigenvalue weighted by molar-refractivity contribution is 6.41. The Hall–Kier alpha value is -3.62. The lowest BCUT2D eigenvalue weighted by Crippen LogP contribution is -2.03. The predicted molar refractivity (Wildman–Crippen MR) is 126 cm³/mol. The van der Waals surface area contributed by atoms with Crippen molar-refractivity contribution < 1.29 is 9.47 Å². The largest absolute Gasteiger partial charge is 0.495 e. The third-order valence-corrected chi connectivity index (χ3v) is 5.22. The Bertz CT molecular complexity index is 1210. The number of pyridine rings is 1. The quantitative estimate of drug-likeness (QED) is 0.354. The number of hydrogen-bond donors (Lipinski definition) is 2. The molecule has 4 aromatic rings. The van der Waals surface area contributed by atoms with E-state index in [-0.39, 0.29) is 10.0 Å². The second-order valence-electron chi connectivity index (χ2n) is 6.43. The van der Waals surface area contributed by atoms with Crippen LogP contribution in [0.3, 0.4) is 0 Å². The van der Waals surface area contributed by atoms with Crippen LogP contribution in [0.5, 0.6) is 11.5 Å². The summed E-state index contributed by atoms with van der Waals surface area (Å²) in [5, 5.41) is 6.90. The molecule has 8 nitrogen and oxygen atoms in total. The third kappa shape index (κ3) is 4.51. The van der Waals surface area contributed by atoms with E-state index in [9.17, 15) is 0 Å². The maximum atomic E-state index is 6.50. The first kappa shape index (κ1) is 21.6. The number of nitrogens with zero attached hydrogens (tertiary/aromatic N) is 4. The molecule has 0 radical (unpaired) electrons. The molecule has 0 aliphatic rings. The Morgan fingerprint density at radius 3 is 2.22 bits per heavy atom. The zero-order valence-electron chi connectivity index (χ0n) is 17.1. The topological polar surface area (TPSA) is 94.1 Å². The zero-order valence-corrected chi connectivity index (χ0v) is 18.6. The highest BCUT2D eigenvalue weighted by atomic mass is 35.5. The number of methoxy groups -OCH3 is 2. The van der Waals surface area contributed by atoms with Crippen LogP contribution >= 0.6 is 23.2 Å². The molecule has 10 heteroatoms. The molecule has 32 heavy (non-hydrogen) atoms. The van der Waals surface area contributed by atoms with Gasteiger partial charge in [0.1, 0.15) is 33.7 Å². The van der Waals surface area contributed by atoms with Crippen molar-refractivity contribution in [2.24, 2.45) is 0 Å². The molecule has 0 saturated heterocycles. The van der Waals surface area contributed by atoms with Crippen molar-refractivity contribution in [3.05, 3.63) is 71.1 Å². The van der Waals surface area contributed by atoms with Crippen LogP contribution in [-0.2, 0) is 0 Å². The molecule has 2 aromatic heterocycles. The second-order valence-corrected chi connectivity index (χ2v) is 7.19. The van der Waals surface area contributed by atoms with E-state index in [4.69, 9.17) is 32.7 Å². The van der Waals surface area contributed by atoms with Gasteiger partial charge in [-0.3, -0.25) is 0 Å². The molecule has 0 fully saturated rings. The molecule has 0 unspecified atom stereocenters. The van der Waals surface area contributed by atoms with Crippen LogP contribution in [0, 0.1) is 0 Å². The molecule has 162 valence electrons. The van der Waals surface area contributed by atoms with E-state index in [2.05, 4.69) is 30.6 Å². The number of anilines is 4. The number of benzene rings is 2. The number of aromatic nitrogens is 4. The molecule has 0 amide bonds. The van der Waals surface area contributed by atoms with Crippen LogP contribution in [0.1, 0.15) is 0 Å². The number of rotatable bonds is 7. The van der Waals surface area contributed by atoms with E-state index < -0.39 is 0 Å². The predicted octanol–water partition coefficient (Wildman–Crippen LogP) is 5.74. The van der Waals surface area contributed by atoms with Crippen molar-refractivity contribution >= 4 is 46.3 Å². The molecule has 0 atom stereocenters. The fraction of sp³-hybridized carbons (Fsp3) is 0.0909. The van der Waals surface area contributed by atoms with Crippen molar-refractivity contribution in [1.82, 2.24) is 19.9 Å². The van der Waals surface area contributed by atoms with Gasteiger partial charge in [-0.15, -0.1) is 0 Å². The second kappa shape index (κ2) is 9.67. The summed E-state index contributed by atoms with van der Waals surface area (Å²) in [7, 11) is 3.02. The average Bonchev–Trinajstić information content (AvgIpc) is 2.83. The summed E-state index contributed by atoms with van der Waals surface area (Å²) in [6, 6.07) is 14.8. The molecular formula is C22H18Cl2N6O2. The lowest BCUT2D eigenvalue weighted by Gasteiger charge is -2.17. The number of halogens is 2. The number of ether oxygens (including phenoxy) is 2. The minimum absolute atomic E-state index is 0.289. The van der Waals surface area contributed by atoms with Gasteiger partial charge in [-0.05, 0) is 24.3 Å². The van der Waals surface area contributed by atoms with Gasteiger partial charge in [0, 0.05) is 18.0 Å². The summed E-state index contributed by atoms with van der Waals surface area (Å²) in [6.45, 7) is 0. The van der Waals surface area contributed by atoms with Gasteiger partial charge in [-0.2, -0.15) is 4.98 Å². The molecular weight excluding hydrogens is 451 g/mol. The first-order valence-corrected chi connectivity index (χ1v) is 10.2. The van der Waals surface area contributed by atoms with Crippen molar-refractivity contribution in [1.29, 1.82) is 0 Å². The van der Waals surface area contributed by atoms with Gasteiger partial charge >= 0.3 is 0 Å². The average molecular weight is 469 g/mol. The van der Waals surface area contributed by atoms with Gasteiger partial charge in [0.25, 0.3) is 0 Å². The fourth-order valence-electron chi connectivity index (χ4n) is 2.94. The number of nitrogens with one attached hydrogen (secondary N) is 2. The lowest BCUT2D eigenvalue weighted by molar-refractivity contribution is 0.395. The molecule has 2 N–H and O–H groups in total. The lowest BCUT2D eigenvalue weighted by atomic mass is 10.2. The van der Waals surface area contributed by atoms with Gasteiger partial charge in [0.15, 0.2) is 5.82 Å². The summed E-state index contributed by atoms with van der Waals surface area (Å²) in [5.74, 6) is 2.07. The van der Waals surface area contributed by atoms with E-state index in [0.29, 0.717) is 40.3 Å². The minimum Gasteiger partial charge on any atom is -0.495 e.